The third kappa shape index (κ3) is 3.80. The Hall–Kier alpha value is -2.02. The Morgan fingerprint density at radius 1 is 1.47 bits per heavy atom. The molecule has 0 N–H and O–H groups in total. The topological polar surface area (TPSA) is 59.3 Å². The van der Waals surface area contributed by atoms with Crippen molar-refractivity contribution in [2.45, 2.75) is 26.4 Å². The van der Waals surface area contributed by atoms with Gasteiger partial charge in [-0.15, -0.1) is 0 Å². The monoisotopic (exact) mass is 233 g/mol. The number of ether oxygens (including phenoxy) is 2. The zero-order chi connectivity index (χ0) is 12.7. The van der Waals surface area contributed by atoms with Crippen LogP contribution >= 0.6 is 0 Å². The molecule has 90 valence electrons. The van der Waals surface area contributed by atoms with E-state index < -0.39 is 12.1 Å². The number of carbonyl (C=O) groups excluding carboxylic acids is 1. The summed E-state index contributed by atoms with van der Waals surface area (Å²) >= 11 is 0. The van der Waals surface area contributed by atoms with E-state index in [1.54, 1.807) is 31.2 Å². The van der Waals surface area contributed by atoms with Crippen LogP contribution in [-0.4, -0.2) is 18.7 Å². The number of esters is 1. The average molecular weight is 233 g/mol. The molecular weight excluding hydrogens is 218 g/mol. The number of carbonyl (C=O) groups is 1. The fourth-order valence-electron chi connectivity index (χ4n) is 1.22. The first kappa shape index (κ1) is 13.0. The summed E-state index contributed by atoms with van der Waals surface area (Å²) in [4.78, 5) is 11.5. The van der Waals surface area contributed by atoms with Gasteiger partial charge in [-0.05, 0) is 25.5 Å². The molecule has 4 heteroatoms. The zero-order valence-electron chi connectivity index (χ0n) is 9.97. The normalized spacial score (nSPS) is 11.4. The van der Waals surface area contributed by atoms with Gasteiger partial charge in [0, 0.05) is 0 Å². The average Bonchev–Trinajstić information content (AvgIpc) is 2.36. The van der Waals surface area contributed by atoms with E-state index in [4.69, 9.17) is 14.7 Å². The largest absolute Gasteiger partial charge is 0.478 e. The Morgan fingerprint density at radius 2 is 2.18 bits per heavy atom. The molecule has 0 fully saturated rings. The maximum absolute atomic E-state index is 11.5. The second kappa shape index (κ2) is 6.54. The number of nitriles is 1. The first-order chi connectivity index (χ1) is 8.19. The first-order valence-corrected chi connectivity index (χ1v) is 5.51. The molecule has 0 amide bonds. The summed E-state index contributed by atoms with van der Waals surface area (Å²) < 4.78 is 10.3. The number of rotatable bonds is 5. The van der Waals surface area contributed by atoms with Gasteiger partial charge in [0.2, 0.25) is 0 Å². The summed E-state index contributed by atoms with van der Waals surface area (Å²) in [5.74, 6) is -0.0180. The summed E-state index contributed by atoms with van der Waals surface area (Å²) in [6, 6.07) is 8.79. The molecular formula is C13H15NO3. The summed E-state index contributed by atoms with van der Waals surface area (Å²) in [7, 11) is 0. The predicted molar refractivity (Wildman–Crippen MR) is 62.5 cm³/mol. The van der Waals surface area contributed by atoms with Crippen molar-refractivity contribution < 1.29 is 14.3 Å². The maximum Gasteiger partial charge on any atom is 0.347 e. The standard InChI is InChI=1S/C13H15NO3/c1-3-8-16-13(15)10(2)17-12-7-5-4-6-11(12)9-14/h4-7,10H,3,8H2,1-2H3. The van der Waals surface area contributed by atoms with E-state index in [1.165, 1.54) is 0 Å². The Balaban J connectivity index is 2.65. The lowest BCUT2D eigenvalue weighted by Gasteiger charge is -2.14. The molecule has 1 rings (SSSR count). The summed E-state index contributed by atoms with van der Waals surface area (Å²) in [5, 5.41) is 8.87. The first-order valence-electron chi connectivity index (χ1n) is 5.51. The highest BCUT2D eigenvalue weighted by atomic mass is 16.6. The predicted octanol–water partition coefficient (Wildman–Crippen LogP) is 2.28. The quantitative estimate of drug-likeness (QED) is 0.732. The number of para-hydroxylation sites is 1. The van der Waals surface area contributed by atoms with Crippen molar-refractivity contribution in [3.05, 3.63) is 29.8 Å². The SMILES string of the molecule is CCCOC(=O)C(C)Oc1ccccc1C#N. The number of benzene rings is 1. The van der Waals surface area contributed by atoms with Crippen molar-refractivity contribution in [1.29, 1.82) is 5.26 Å². The summed E-state index contributed by atoms with van der Waals surface area (Å²) in [5.41, 5.74) is 0.405. The number of nitrogens with zero attached hydrogens (tertiary/aromatic N) is 1. The van der Waals surface area contributed by atoms with Crippen LogP contribution in [0.25, 0.3) is 0 Å². The minimum absolute atomic E-state index is 0.381. The van der Waals surface area contributed by atoms with Crippen LogP contribution in [0, 0.1) is 11.3 Å². The molecule has 17 heavy (non-hydrogen) atoms. The Morgan fingerprint density at radius 3 is 2.82 bits per heavy atom. The Kier molecular flexibility index (Phi) is 5.02. The minimum atomic E-state index is -0.712. The molecule has 0 aromatic heterocycles. The van der Waals surface area contributed by atoms with Gasteiger partial charge in [0.05, 0.1) is 12.2 Å². The summed E-state index contributed by atoms with van der Waals surface area (Å²) in [6.07, 6.45) is 0.0591. The fraction of sp³-hybridized carbons (Fsp3) is 0.385. The lowest BCUT2D eigenvalue weighted by atomic mass is 10.2. The second-order valence-electron chi connectivity index (χ2n) is 3.54. The van der Waals surface area contributed by atoms with Crippen molar-refractivity contribution >= 4 is 5.97 Å². The fourth-order valence-corrected chi connectivity index (χ4v) is 1.22. The van der Waals surface area contributed by atoms with Crippen LogP contribution < -0.4 is 4.74 Å². The van der Waals surface area contributed by atoms with Crippen LogP contribution in [0.2, 0.25) is 0 Å². The molecule has 0 aliphatic heterocycles. The van der Waals surface area contributed by atoms with Gasteiger partial charge in [0.25, 0.3) is 0 Å². The smallest absolute Gasteiger partial charge is 0.347 e. The molecule has 0 heterocycles. The molecule has 0 aliphatic rings. The molecule has 4 nitrogen and oxygen atoms in total. The zero-order valence-corrected chi connectivity index (χ0v) is 9.97. The lowest BCUT2D eigenvalue weighted by Crippen LogP contribution is -2.26. The van der Waals surface area contributed by atoms with E-state index >= 15 is 0 Å². The van der Waals surface area contributed by atoms with Gasteiger partial charge < -0.3 is 9.47 Å². The molecule has 0 radical (unpaired) electrons. The molecule has 0 aliphatic carbocycles. The van der Waals surface area contributed by atoms with E-state index in [9.17, 15) is 4.79 Å². The third-order valence-corrected chi connectivity index (χ3v) is 2.09. The molecule has 0 saturated carbocycles. The van der Waals surface area contributed by atoms with Crippen LogP contribution in [0.3, 0.4) is 0 Å². The highest BCUT2D eigenvalue weighted by molar-refractivity contribution is 5.74. The van der Waals surface area contributed by atoms with Crippen molar-refractivity contribution in [2.24, 2.45) is 0 Å². The number of hydrogen-bond acceptors (Lipinski definition) is 4. The molecule has 1 aromatic rings. The maximum atomic E-state index is 11.5. The Labute approximate surface area is 101 Å². The van der Waals surface area contributed by atoms with Gasteiger partial charge in [-0.1, -0.05) is 19.1 Å². The van der Waals surface area contributed by atoms with Gasteiger partial charge in [-0.2, -0.15) is 5.26 Å². The second-order valence-corrected chi connectivity index (χ2v) is 3.54. The van der Waals surface area contributed by atoms with E-state index in [0.29, 0.717) is 17.9 Å². The van der Waals surface area contributed by atoms with E-state index in [0.717, 1.165) is 6.42 Å². The molecule has 1 aromatic carbocycles. The highest BCUT2D eigenvalue weighted by Crippen LogP contribution is 2.18. The molecule has 1 unspecified atom stereocenters. The van der Waals surface area contributed by atoms with Crippen LogP contribution in [0.1, 0.15) is 25.8 Å². The van der Waals surface area contributed by atoms with Crippen LogP contribution in [0.15, 0.2) is 24.3 Å². The summed E-state index contributed by atoms with van der Waals surface area (Å²) in [6.45, 7) is 3.91. The van der Waals surface area contributed by atoms with Crippen molar-refractivity contribution in [3.8, 4) is 11.8 Å². The molecule has 0 spiro atoms. The van der Waals surface area contributed by atoms with Gasteiger partial charge in [-0.3, -0.25) is 0 Å². The van der Waals surface area contributed by atoms with E-state index in [1.807, 2.05) is 13.0 Å². The van der Waals surface area contributed by atoms with Crippen LogP contribution in [-0.2, 0) is 9.53 Å². The molecule has 1 atom stereocenters. The Bertz CT molecular complexity index is 423. The minimum Gasteiger partial charge on any atom is -0.478 e. The third-order valence-electron chi connectivity index (χ3n) is 2.09. The van der Waals surface area contributed by atoms with Crippen LogP contribution in [0.5, 0.6) is 5.75 Å². The highest BCUT2D eigenvalue weighted by Gasteiger charge is 2.17. The van der Waals surface area contributed by atoms with Gasteiger partial charge in [0.1, 0.15) is 11.8 Å². The van der Waals surface area contributed by atoms with E-state index in [-0.39, 0.29) is 0 Å². The van der Waals surface area contributed by atoms with Crippen molar-refractivity contribution in [1.82, 2.24) is 0 Å². The number of hydrogen-bond donors (Lipinski definition) is 0. The lowest BCUT2D eigenvalue weighted by molar-refractivity contribution is -0.151. The molecule has 0 bridgehead atoms. The van der Waals surface area contributed by atoms with Crippen LogP contribution in [0.4, 0.5) is 0 Å². The van der Waals surface area contributed by atoms with Gasteiger partial charge in [0.15, 0.2) is 6.10 Å². The van der Waals surface area contributed by atoms with Crippen molar-refractivity contribution in [3.63, 3.8) is 0 Å². The van der Waals surface area contributed by atoms with Gasteiger partial charge in [-0.25, -0.2) is 4.79 Å². The van der Waals surface area contributed by atoms with Crippen molar-refractivity contribution in [2.75, 3.05) is 6.61 Å². The molecule has 0 saturated heterocycles. The van der Waals surface area contributed by atoms with E-state index in [2.05, 4.69) is 0 Å². The van der Waals surface area contributed by atoms with Gasteiger partial charge >= 0.3 is 5.97 Å².